The molecule has 2 aromatic heterocycles. The van der Waals surface area contributed by atoms with Crippen molar-refractivity contribution in [2.75, 3.05) is 0 Å². The van der Waals surface area contributed by atoms with Crippen LogP contribution in [0.1, 0.15) is 11.1 Å². The molecule has 0 aliphatic rings. The number of alkyl halides is 6. The minimum Gasteiger partial charge on any atom is -0.256 e. The summed E-state index contributed by atoms with van der Waals surface area (Å²) in [6, 6.07) is 9.50. The number of hydrogen-bond acceptors (Lipinski definition) is 2. The van der Waals surface area contributed by atoms with Crippen LogP contribution in [0.4, 0.5) is 26.3 Å². The first-order chi connectivity index (χ1) is 12.1. The van der Waals surface area contributed by atoms with Gasteiger partial charge in [0.2, 0.25) is 0 Å². The summed E-state index contributed by atoms with van der Waals surface area (Å²) in [5, 5.41) is 0. The fraction of sp³-hybridized carbons (Fsp3) is 0.111. The molecule has 0 spiro atoms. The molecule has 0 aliphatic carbocycles. The van der Waals surface area contributed by atoms with Crippen LogP contribution in [0, 0.1) is 0 Å². The Morgan fingerprint density at radius 2 is 1.00 bits per heavy atom. The summed E-state index contributed by atoms with van der Waals surface area (Å²) in [6.45, 7) is 0. The predicted molar refractivity (Wildman–Crippen MR) is 82.9 cm³/mol. The predicted octanol–water partition coefficient (Wildman–Crippen LogP) is 5.85. The van der Waals surface area contributed by atoms with E-state index in [1.165, 1.54) is 24.3 Å². The third-order valence-corrected chi connectivity index (χ3v) is 3.63. The molecule has 0 amide bonds. The number of pyridine rings is 2. The summed E-state index contributed by atoms with van der Waals surface area (Å²) >= 11 is 0. The fourth-order valence-corrected chi connectivity index (χ4v) is 2.37. The summed E-state index contributed by atoms with van der Waals surface area (Å²) in [7, 11) is 0. The maximum atomic E-state index is 12.8. The maximum absolute atomic E-state index is 12.8. The lowest BCUT2D eigenvalue weighted by atomic mass is 10.0. The van der Waals surface area contributed by atoms with Gasteiger partial charge in [-0.3, -0.25) is 9.97 Å². The summed E-state index contributed by atoms with van der Waals surface area (Å²) in [6.07, 6.45) is -6.96. The van der Waals surface area contributed by atoms with E-state index in [0.717, 1.165) is 36.7 Å². The Kier molecular flexibility index (Phi) is 4.43. The second-order valence-corrected chi connectivity index (χ2v) is 5.44. The molecule has 0 radical (unpaired) electrons. The molecule has 3 rings (SSSR count). The number of nitrogens with zero attached hydrogens (tertiary/aromatic N) is 2. The van der Waals surface area contributed by atoms with E-state index in [0.29, 0.717) is 11.1 Å². The van der Waals surface area contributed by atoms with Crippen LogP contribution in [0.15, 0.2) is 60.9 Å². The zero-order valence-corrected chi connectivity index (χ0v) is 12.9. The SMILES string of the molecule is FC(F)(F)c1ccnc(-c2cccc(-c3cc(C(F)(F)F)ccn3)c2)c1. The molecule has 3 aromatic rings. The number of halogens is 6. The monoisotopic (exact) mass is 368 g/mol. The third kappa shape index (κ3) is 3.84. The van der Waals surface area contributed by atoms with Crippen LogP contribution >= 0.6 is 0 Å². The van der Waals surface area contributed by atoms with Crippen LogP contribution in [0.2, 0.25) is 0 Å². The van der Waals surface area contributed by atoms with Crippen molar-refractivity contribution in [1.29, 1.82) is 0 Å². The van der Waals surface area contributed by atoms with Crippen molar-refractivity contribution >= 4 is 0 Å². The molecule has 0 fully saturated rings. The van der Waals surface area contributed by atoms with Crippen LogP contribution in [-0.4, -0.2) is 9.97 Å². The second-order valence-electron chi connectivity index (χ2n) is 5.44. The van der Waals surface area contributed by atoms with Crippen molar-refractivity contribution in [3.05, 3.63) is 72.1 Å². The molecule has 0 bridgehead atoms. The van der Waals surface area contributed by atoms with E-state index in [1.807, 2.05) is 0 Å². The van der Waals surface area contributed by atoms with Gasteiger partial charge in [0, 0.05) is 23.5 Å². The van der Waals surface area contributed by atoms with Gasteiger partial charge >= 0.3 is 12.4 Å². The zero-order chi connectivity index (χ0) is 18.9. The van der Waals surface area contributed by atoms with Gasteiger partial charge in [-0.25, -0.2) is 0 Å². The van der Waals surface area contributed by atoms with Crippen molar-refractivity contribution in [3.63, 3.8) is 0 Å². The minimum absolute atomic E-state index is 0.0636. The average molecular weight is 368 g/mol. The Bertz CT molecular complexity index is 858. The van der Waals surface area contributed by atoms with E-state index in [2.05, 4.69) is 9.97 Å². The molecular formula is C18H10F6N2. The normalized spacial score (nSPS) is 12.2. The van der Waals surface area contributed by atoms with Crippen LogP contribution in [0.3, 0.4) is 0 Å². The largest absolute Gasteiger partial charge is 0.416 e. The Morgan fingerprint density at radius 3 is 1.38 bits per heavy atom. The smallest absolute Gasteiger partial charge is 0.256 e. The lowest BCUT2D eigenvalue weighted by Crippen LogP contribution is -2.05. The zero-order valence-electron chi connectivity index (χ0n) is 12.9. The molecule has 0 N–H and O–H groups in total. The van der Waals surface area contributed by atoms with Crippen molar-refractivity contribution in [2.45, 2.75) is 12.4 Å². The van der Waals surface area contributed by atoms with Gasteiger partial charge in [-0.1, -0.05) is 18.2 Å². The average Bonchev–Trinajstić information content (AvgIpc) is 2.61. The maximum Gasteiger partial charge on any atom is 0.416 e. The Hall–Kier alpha value is -2.90. The standard InChI is InChI=1S/C18H10F6N2/c19-17(20,21)13-4-6-25-15(9-13)11-2-1-3-12(8-11)16-10-14(5-7-26-16)18(22,23)24/h1-10H. The number of hydrogen-bond donors (Lipinski definition) is 0. The highest BCUT2D eigenvalue weighted by molar-refractivity contribution is 5.70. The van der Waals surface area contributed by atoms with E-state index in [1.54, 1.807) is 0 Å². The first-order valence-corrected chi connectivity index (χ1v) is 7.32. The quantitative estimate of drug-likeness (QED) is 0.531. The van der Waals surface area contributed by atoms with Crippen LogP contribution in [-0.2, 0) is 12.4 Å². The molecule has 8 heteroatoms. The molecule has 0 saturated heterocycles. The lowest BCUT2D eigenvalue weighted by molar-refractivity contribution is -0.138. The van der Waals surface area contributed by atoms with Crippen molar-refractivity contribution < 1.29 is 26.3 Å². The Morgan fingerprint density at radius 1 is 0.577 bits per heavy atom. The minimum atomic E-state index is -4.52. The van der Waals surface area contributed by atoms with Crippen LogP contribution < -0.4 is 0 Å². The Labute approximate surface area is 144 Å². The van der Waals surface area contributed by atoms with Crippen molar-refractivity contribution in [1.82, 2.24) is 9.97 Å². The molecule has 1 aromatic carbocycles. The first kappa shape index (κ1) is 17.9. The van der Waals surface area contributed by atoms with E-state index in [-0.39, 0.29) is 11.4 Å². The number of aromatic nitrogens is 2. The topological polar surface area (TPSA) is 25.8 Å². The third-order valence-electron chi connectivity index (χ3n) is 3.63. The van der Waals surface area contributed by atoms with Gasteiger partial charge in [-0.05, 0) is 30.3 Å². The van der Waals surface area contributed by atoms with Crippen molar-refractivity contribution in [2.24, 2.45) is 0 Å². The van der Waals surface area contributed by atoms with E-state index >= 15 is 0 Å². The van der Waals surface area contributed by atoms with Gasteiger partial charge in [0.25, 0.3) is 0 Å². The second kappa shape index (κ2) is 6.44. The molecule has 26 heavy (non-hydrogen) atoms. The number of benzene rings is 1. The molecule has 0 saturated carbocycles. The van der Waals surface area contributed by atoms with Gasteiger partial charge in [0.05, 0.1) is 22.5 Å². The molecule has 0 unspecified atom stereocenters. The highest BCUT2D eigenvalue weighted by Gasteiger charge is 2.31. The molecule has 0 atom stereocenters. The van der Waals surface area contributed by atoms with Gasteiger partial charge in [-0.2, -0.15) is 26.3 Å². The van der Waals surface area contributed by atoms with Gasteiger partial charge < -0.3 is 0 Å². The highest BCUT2D eigenvalue weighted by Crippen LogP contribution is 2.33. The van der Waals surface area contributed by atoms with Gasteiger partial charge in [0.1, 0.15) is 0 Å². The van der Waals surface area contributed by atoms with E-state index in [4.69, 9.17) is 0 Å². The summed E-state index contributed by atoms with van der Waals surface area (Å²) < 4.78 is 77.0. The van der Waals surface area contributed by atoms with E-state index in [9.17, 15) is 26.3 Å². The number of rotatable bonds is 2. The summed E-state index contributed by atoms with van der Waals surface area (Å²) in [5.74, 6) is 0. The molecule has 2 nitrogen and oxygen atoms in total. The lowest BCUT2D eigenvalue weighted by Gasteiger charge is -2.10. The first-order valence-electron chi connectivity index (χ1n) is 7.32. The molecule has 2 heterocycles. The van der Waals surface area contributed by atoms with Gasteiger partial charge in [-0.15, -0.1) is 0 Å². The van der Waals surface area contributed by atoms with Crippen LogP contribution in [0.5, 0.6) is 0 Å². The Balaban J connectivity index is 2.03. The molecular weight excluding hydrogens is 358 g/mol. The highest BCUT2D eigenvalue weighted by atomic mass is 19.4. The van der Waals surface area contributed by atoms with E-state index < -0.39 is 23.5 Å². The summed E-state index contributed by atoms with van der Waals surface area (Å²) in [4.78, 5) is 7.83. The molecule has 0 aliphatic heterocycles. The summed E-state index contributed by atoms with van der Waals surface area (Å²) in [5.41, 5.74) is -0.905. The van der Waals surface area contributed by atoms with Gasteiger partial charge in [0.15, 0.2) is 0 Å². The van der Waals surface area contributed by atoms with Crippen LogP contribution in [0.25, 0.3) is 22.5 Å². The fourth-order valence-electron chi connectivity index (χ4n) is 2.37. The van der Waals surface area contributed by atoms with Crippen molar-refractivity contribution in [3.8, 4) is 22.5 Å². The molecule has 134 valence electrons.